The zero-order chi connectivity index (χ0) is 41.8. The molecule has 302 valence electrons. The molecular formula is C31H45N11O13. The molecule has 0 radical (unpaired) electrons. The number of carboxylic acids is 1. The average Bonchev–Trinajstić information content (AvgIpc) is 3.10. The standard InChI is InChI=1S/C31H45N11O13/c32-12-25(48)37-20(13-43)30(53)41-16(9-22(34)45)27(50)38-15(6-7-21(33)44)26(49)39-17(10-23(35)46)28(51)40-18(11-24(36)47)29(52)42-19(31(54)55)8-14-4-2-1-3-5-14/h1-5,15-20,43H,6-13,32H2,(H2,33,44)(H2,34,45)(H2,35,46)(H2,36,47)(H,37,48)(H,38,50)(H,39,49)(H,40,51)(H,41,53)(H,42,52)(H,54,55)/t15-,16-,17-,18-,19-,20-/m0/s1. The summed E-state index contributed by atoms with van der Waals surface area (Å²) in [5.41, 5.74) is 26.6. The average molecular weight is 780 g/mol. The maximum Gasteiger partial charge on any atom is 0.326 e. The van der Waals surface area contributed by atoms with E-state index in [0.717, 1.165) is 0 Å². The molecule has 0 spiro atoms. The number of hydrogen-bond donors (Lipinski definition) is 13. The van der Waals surface area contributed by atoms with E-state index >= 15 is 0 Å². The number of carbonyl (C=O) groups excluding carboxylic acids is 10. The Bertz CT molecular complexity index is 1610. The van der Waals surface area contributed by atoms with E-state index in [1.54, 1.807) is 30.3 Å². The van der Waals surface area contributed by atoms with E-state index in [2.05, 4.69) is 31.9 Å². The Hall–Kier alpha value is -6.69. The molecule has 1 aromatic carbocycles. The molecule has 0 bridgehead atoms. The van der Waals surface area contributed by atoms with Gasteiger partial charge in [0.25, 0.3) is 0 Å². The monoisotopic (exact) mass is 779 g/mol. The first kappa shape index (κ1) is 46.3. The molecule has 55 heavy (non-hydrogen) atoms. The molecule has 24 nitrogen and oxygen atoms in total. The predicted molar refractivity (Wildman–Crippen MR) is 185 cm³/mol. The Balaban J connectivity index is 3.31. The molecule has 0 unspecified atom stereocenters. The molecule has 0 saturated heterocycles. The lowest BCUT2D eigenvalue weighted by Gasteiger charge is -2.26. The fourth-order valence-corrected chi connectivity index (χ4v) is 4.65. The molecule has 0 aliphatic rings. The molecule has 0 aliphatic carbocycles. The number of aliphatic hydroxyl groups excluding tert-OH is 1. The summed E-state index contributed by atoms with van der Waals surface area (Å²) in [6.45, 7) is -1.54. The molecule has 0 saturated carbocycles. The van der Waals surface area contributed by atoms with Gasteiger partial charge in [0.1, 0.15) is 36.3 Å². The van der Waals surface area contributed by atoms with E-state index in [1.807, 2.05) is 0 Å². The van der Waals surface area contributed by atoms with Gasteiger partial charge in [0, 0.05) is 12.8 Å². The number of rotatable bonds is 25. The maximum atomic E-state index is 13.5. The second-order valence-electron chi connectivity index (χ2n) is 11.9. The largest absolute Gasteiger partial charge is 0.480 e. The lowest BCUT2D eigenvalue weighted by molar-refractivity contribution is -0.142. The summed E-state index contributed by atoms with van der Waals surface area (Å²) < 4.78 is 0. The van der Waals surface area contributed by atoms with Gasteiger partial charge in [0.2, 0.25) is 59.1 Å². The number of aliphatic hydroxyl groups is 1. The highest BCUT2D eigenvalue weighted by atomic mass is 16.4. The Morgan fingerprint density at radius 1 is 0.527 bits per heavy atom. The topological polar surface area (TPSA) is 431 Å². The second-order valence-corrected chi connectivity index (χ2v) is 11.9. The van der Waals surface area contributed by atoms with Crippen molar-refractivity contribution < 1.29 is 63.0 Å². The first-order chi connectivity index (χ1) is 25.8. The molecule has 18 N–H and O–H groups in total. The normalized spacial score (nSPS) is 13.9. The summed E-state index contributed by atoms with van der Waals surface area (Å²) in [6.07, 6.45) is -4.02. The molecule has 0 fully saturated rings. The number of carboxylic acid groups (broad SMARTS) is 1. The van der Waals surface area contributed by atoms with Crippen molar-refractivity contribution in [2.45, 2.75) is 74.8 Å². The number of nitrogens with two attached hydrogens (primary N) is 5. The van der Waals surface area contributed by atoms with Gasteiger partial charge in [-0.3, -0.25) is 47.9 Å². The van der Waals surface area contributed by atoms with Gasteiger partial charge < -0.3 is 70.8 Å². The lowest BCUT2D eigenvalue weighted by Crippen LogP contribution is -2.60. The minimum absolute atomic E-state index is 0.200. The van der Waals surface area contributed by atoms with Crippen molar-refractivity contribution in [1.82, 2.24) is 31.9 Å². The minimum Gasteiger partial charge on any atom is -0.480 e. The number of amides is 10. The number of nitrogens with one attached hydrogen (secondary N) is 6. The van der Waals surface area contributed by atoms with Crippen molar-refractivity contribution in [3.8, 4) is 0 Å². The Kier molecular flexibility index (Phi) is 19.4. The number of benzene rings is 1. The molecule has 0 aromatic heterocycles. The molecule has 0 aliphatic heterocycles. The van der Waals surface area contributed by atoms with Crippen molar-refractivity contribution in [2.24, 2.45) is 28.7 Å². The van der Waals surface area contributed by atoms with E-state index in [-0.39, 0.29) is 6.42 Å². The van der Waals surface area contributed by atoms with Gasteiger partial charge in [-0.15, -0.1) is 0 Å². The molecule has 1 rings (SSSR count). The van der Waals surface area contributed by atoms with Crippen LogP contribution in [0.2, 0.25) is 0 Å². The van der Waals surface area contributed by atoms with E-state index in [9.17, 15) is 63.0 Å². The van der Waals surface area contributed by atoms with E-state index in [1.165, 1.54) is 0 Å². The Morgan fingerprint density at radius 2 is 0.909 bits per heavy atom. The minimum atomic E-state index is -1.93. The SMILES string of the molecule is NCC(=O)N[C@@H](CO)C(=O)N[C@@H](CC(N)=O)C(=O)N[C@@H](CCC(N)=O)C(=O)N[C@@H](CC(N)=O)C(=O)N[C@@H](CC(N)=O)C(=O)N[C@@H](Cc1ccccc1)C(=O)O. The summed E-state index contributed by atoms with van der Waals surface area (Å²) in [7, 11) is 0. The third kappa shape index (κ3) is 17.6. The highest BCUT2D eigenvalue weighted by molar-refractivity contribution is 5.99. The zero-order valence-corrected chi connectivity index (χ0v) is 29.3. The first-order valence-corrected chi connectivity index (χ1v) is 16.3. The van der Waals surface area contributed by atoms with Gasteiger partial charge in [-0.05, 0) is 12.0 Å². The van der Waals surface area contributed by atoms with Gasteiger partial charge in [-0.2, -0.15) is 0 Å². The lowest BCUT2D eigenvalue weighted by atomic mass is 10.0. The van der Waals surface area contributed by atoms with Crippen LogP contribution in [-0.4, -0.2) is 125 Å². The fourth-order valence-electron chi connectivity index (χ4n) is 4.65. The molecule has 0 heterocycles. The third-order valence-corrected chi connectivity index (χ3v) is 7.34. The van der Waals surface area contributed by atoms with Gasteiger partial charge in [0.15, 0.2) is 0 Å². The van der Waals surface area contributed by atoms with Crippen LogP contribution in [0, 0.1) is 0 Å². The van der Waals surface area contributed by atoms with Crippen LogP contribution in [0.1, 0.15) is 37.7 Å². The number of hydrogen-bond acceptors (Lipinski definition) is 13. The number of primary amides is 4. The Morgan fingerprint density at radius 3 is 1.27 bits per heavy atom. The van der Waals surface area contributed by atoms with Crippen molar-refractivity contribution >= 4 is 65.0 Å². The van der Waals surface area contributed by atoms with Gasteiger partial charge in [-0.25, -0.2) is 4.79 Å². The summed E-state index contributed by atoms with van der Waals surface area (Å²) in [5, 5.41) is 31.9. The third-order valence-electron chi connectivity index (χ3n) is 7.34. The highest BCUT2D eigenvalue weighted by Gasteiger charge is 2.35. The van der Waals surface area contributed by atoms with Crippen LogP contribution in [0.3, 0.4) is 0 Å². The van der Waals surface area contributed by atoms with Crippen LogP contribution in [-0.2, 0) is 59.2 Å². The van der Waals surface area contributed by atoms with Crippen molar-refractivity contribution in [2.75, 3.05) is 13.2 Å². The number of aliphatic carboxylic acids is 1. The van der Waals surface area contributed by atoms with E-state index in [4.69, 9.17) is 28.7 Å². The van der Waals surface area contributed by atoms with Crippen LogP contribution in [0.5, 0.6) is 0 Å². The fraction of sp³-hybridized carbons (Fsp3) is 0.452. The summed E-state index contributed by atoms with van der Waals surface area (Å²) >= 11 is 0. The van der Waals surface area contributed by atoms with Gasteiger partial charge >= 0.3 is 5.97 Å². The van der Waals surface area contributed by atoms with Crippen LogP contribution in [0.4, 0.5) is 0 Å². The maximum absolute atomic E-state index is 13.5. The van der Waals surface area contributed by atoms with Crippen LogP contribution >= 0.6 is 0 Å². The van der Waals surface area contributed by atoms with E-state index in [0.29, 0.717) is 5.56 Å². The van der Waals surface area contributed by atoms with Crippen LogP contribution in [0.15, 0.2) is 30.3 Å². The van der Waals surface area contributed by atoms with Crippen LogP contribution < -0.4 is 60.6 Å². The van der Waals surface area contributed by atoms with Crippen molar-refractivity contribution in [3.63, 3.8) is 0 Å². The number of carbonyl (C=O) groups is 11. The summed E-state index contributed by atoms with van der Waals surface area (Å²) in [5.74, 6) is -12.9. The molecule has 24 heteroatoms. The van der Waals surface area contributed by atoms with Gasteiger partial charge in [-0.1, -0.05) is 30.3 Å². The van der Waals surface area contributed by atoms with Gasteiger partial charge in [0.05, 0.1) is 32.4 Å². The quantitative estimate of drug-likeness (QED) is 0.0439. The Labute approximate surface area is 312 Å². The highest BCUT2D eigenvalue weighted by Crippen LogP contribution is 2.07. The predicted octanol–water partition coefficient (Wildman–Crippen LogP) is -7.93. The summed E-state index contributed by atoms with van der Waals surface area (Å²) in [4.78, 5) is 136. The van der Waals surface area contributed by atoms with Crippen LogP contribution in [0.25, 0.3) is 0 Å². The zero-order valence-electron chi connectivity index (χ0n) is 29.3. The first-order valence-electron chi connectivity index (χ1n) is 16.3. The molecule has 6 atom stereocenters. The van der Waals surface area contributed by atoms with Crippen molar-refractivity contribution in [3.05, 3.63) is 35.9 Å². The smallest absolute Gasteiger partial charge is 0.326 e. The van der Waals surface area contributed by atoms with Crippen molar-refractivity contribution in [1.29, 1.82) is 0 Å². The second kappa shape index (κ2) is 23.1. The van der Waals surface area contributed by atoms with E-state index < -0.39 is 147 Å². The molecule has 1 aromatic rings. The molecule has 10 amide bonds. The summed E-state index contributed by atoms with van der Waals surface area (Å²) in [6, 6.07) is -2.47. The molecular weight excluding hydrogens is 734 g/mol.